The number of benzene rings is 1. The number of hydrogen-bond acceptors (Lipinski definition) is 4. The molecule has 0 saturated carbocycles. The molecule has 2 rings (SSSR count). The van der Waals surface area contributed by atoms with E-state index in [-0.39, 0.29) is 17.0 Å². The Morgan fingerprint density at radius 1 is 1.32 bits per heavy atom. The molecule has 1 heterocycles. The molecule has 116 valence electrons. The molecule has 0 fully saturated rings. The Kier molecular flexibility index (Phi) is 4.80. The Balaban J connectivity index is 2.27. The quantitative estimate of drug-likeness (QED) is 0.870. The Bertz CT molecular complexity index is 821. The molecule has 6 nitrogen and oxygen atoms in total. The molecule has 0 atom stereocenters. The van der Waals surface area contributed by atoms with Crippen molar-refractivity contribution in [2.45, 2.75) is 18.4 Å². The van der Waals surface area contributed by atoms with Crippen LogP contribution in [0, 0.1) is 6.92 Å². The summed E-state index contributed by atoms with van der Waals surface area (Å²) in [5.74, 6) is -1.19. The van der Waals surface area contributed by atoms with Gasteiger partial charge in [0.15, 0.2) is 0 Å². The number of rotatable bonds is 5. The SMILES string of the molecule is Cc1ccc(C(=O)O)cc1S(=O)(=O)NCc1cc(Cl)ccn1. The highest BCUT2D eigenvalue weighted by molar-refractivity contribution is 7.89. The van der Waals surface area contributed by atoms with Crippen LogP contribution in [0.5, 0.6) is 0 Å². The first-order valence-electron chi connectivity index (χ1n) is 6.23. The van der Waals surface area contributed by atoms with Gasteiger partial charge in [0.2, 0.25) is 10.0 Å². The molecule has 2 aromatic rings. The summed E-state index contributed by atoms with van der Waals surface area (Å²) in [7, 11) is -3.85. The molecular formula is C14H13ClN2O4S. The van der Waals surface area contributed by atoms with Crippen molar-refractivity contribution in [2.24, 2.45) is 0 Å². The summed E-state index contributed by atoms with van der Waals surface area (Å²) < 4.78 is 27.0. The minimum absolute atomic E-state index is 0.0420. The van der Waals surface area contributed by atoms with E-state index in [1.165, 1.54) is 18.3 Å². The standard InChI is InChI=1S/C14H13ClN2O4S/c1-9-2-3-10(14(18)19)6-13(9)22(20,21)17-8-12-7-11(15)4-5-16-12/h2-7,17H,8H2,1H3,(H,18,19). The lowest BCUT2D eigenvalue weighted by Crippen LogP contribution is -2.24. The van der Waals surface area contributed by atoms with Crippen LogP contribution in [0.15, 0.2) is 41.4 Å². The van der Waals surface area contributed by atoms with E-state index in [0.29, 0.717) is 16.3 Å². The van der Waals surface area contributed by atoms with Gasteiger partial charge in [-0.25, -0.2) is 17.9 Å². The van der Waals surface area contributed by atoms with E-state index in [9.17, 15) is 13.2 Å². The second-order valence-electron chi connectivity index (χ2n) is 4.58. The number of halogens is 1. The molecule has 0 radical (unpaired) electrons. The van der Waals surface area contributed by atoms with Crippen molar-refractivity contribution >= 4 is 27.6 Å². The third-order valence-corrected chi connectivity index (χ3v) is 4.72. The van der Waals surface area contributed by atoms with Gasteiger partial charge in [-0.3, -0.25) is 4.98 Å². The van der Waals surface area contributed by atoms with Gasteiger partial charge in [-0.05, 0) is 36.8 Å². The molecular weight excluding hydrogens is 328 g/mol. The number of nitrogens with one attached hydrogen (secondary N) is 1. The number of hydrogen-bond donors (Lipinski definition) is 2. The van der Waals surface area contributed by atoms with E-state index in [4.69, 9.17) is 16.7 Å². The monoisotopic (exact) mass is 340 g/mol. The van der Waals surface area contributed by atoms with Crippen molar-refractivity contribution in [1.29, 1.82) is 0 Å². The van der Waals surface area contributed by atoms with Crippen molar-refractivity contribution in [3.63, 3.8) is 0 Å². The molecule has 0 saturated heterocycles. The summed E-state index contributed by atoms with van der Waals surface area (Å²) >= 11 is 5.81. The van der Waals surface area contributed by atoms with Crippen LogP contribution in [0.1, 0.15) is 21.6 Å². The summed E-state index contributed by atoms with van der Waals surface area (Å²) in [6.07, 6.45) is 1.47. The van der Waals surface area contributed by atoms with Gasteiger partial charge in [0, 0.05) is 11.2 Å². The van der Waals surface area contributed by atoms with Crippen LogP contribution in [0.4, 0.5) is 0 Å². The van der Waals surface area contributed by atoms with E-state index in [1.807, 2.05) is 0 Å². The summed E-state index contributed by atoms with van der Waals surface area (Å²) in [6.45, 7) is 1.55. The predicted octanol–water partition coefficient (Wildman–Crippen LogP) is 2.22. The Morgan fingerprint density at radius 2 is 2.05 bits per heavy atom. The van der Waals surface area contributed by atoms with Gasteiger partial charge in [-0.2, -0.15) is 0 Å². The van der Waals surface area contributed by atoms with Gasteiger partial charge in [0.1, 0.15) is 0 Å². The van der Waals surface area contributed by atoms with Gasteiger partial charge in [0.25, 0.3) is 0 Å². The smallest absolute Gasteiger partial charge is 0.335 e. The van der Waals surface area contributed by atoms with Gasteiger partial charge >= 0.3 is 5.97 Å². The molecule has 0 aliphatic carbocycles. The minimum Gasteiger partial charge on any atom is -0.478 e. The molecule has 0 aliphatic rings. The normalized spacial score (nSPS) is 11.4. The van der Waals surface area contributed by atoms with Crippen LogP contribution in [0.25, 0.3) is 0 Å². The molecule has 0 aliphatic heterocycles. The maximum Gasteiger partial charge on any atom is 0.335 e. The van der Waals surface area contributed by atoms with Gasteiger partial charge < -0.3 is 5.11 Å². The molecule has 1 aromatic carbocycles. The lowest BCUT2D eigenvalue weighted by atomic mass is 10.1. The number of nitrogens with zero attached hydrogens (tertiary/aromatic N) is 1. The second-order valence-corrected chi connectivity index (χ2v) is 6.75. The first kappa shape index (κ1) is 16.4. The van der Waals surface area contributed by atoms with Crippen LogP contribution in [0.3, 0.4) is 0 Å². The fourth-order valence-electron chi connectivity index (χ4n) is 1.81. The lowest BCUT2D eigenvalue weighted by molar-refractivity contribution is 0.0696. The number of carbonyl (C=O) groups is 1. The largest absolute Gasteiger partial charge is 0.478 e. The highest BCUT2D eigenvalue weighted by Gasteiger charge is 2.19. The van der Waals surface area contributed by atoms with Crippen molar-refractivity contribution in [1.82, 2.24) is 9.71 Å². The average Bonchev–Trinajstić information content (AvgIpc) is 2.45. The molecule has 8 heteroatoms. The molecule has 2 N–H and O–H groups in total. The predicted molar refractivity (Wildman–Crippen MR) is 81.4 cm³/mol. The highest BCUT2D eigenvalue weighted by atomic mass is 35.5. The van der Waals surface area contributed by atoms with Crippen LogP contribution in [0.2, 0.25) is 5.02 Å². The van der Waals surface area contributed by atoms with Crippen molar-refractivity contribution in [3.05, 3.63) is 58.4 Å². The topological polar surface area (TPSA) is 96.4 Å². The Hall–Kier alpha value is -1.96. The van der Waals surface area contributed by atoms with Crippen LogP contribution in [-0.2, 0) is 16.6 Å². The van der Waals surface area contributed by atoms with Crippen molar-refractivity contribution in [2.75, 3.05) is 0 Å². The lowest BCUT2D eigenvalue weighted by Gasteiger charge is -2.10. The Morgan fingerprint density at radius 3 is 2.68 bits per heavy atom. The molecule has 1 aromatic heterocycles. The zero-order valence-corrected chi connectivity index (χ0v) is 13.1. The average molecular weight is 341 g/mol. The molecule has 0 spiro atoms. The first-order chi connectivity index (χ1) is 10.3. The number of aromatic carboxylic acids is 1. The van der Waals surface area contributed by atoms with E-state index >= 15 is 0 Å². The van der Waals surface area contributed by atoms with E-state index < -0.39 is 16.0 Å². The number of sulfonamides is 1. The van der Waals surface area contributed by atoms with E-state index in [0.717, 1.165) is 6.07 Å². The molecule has 0 amide bonds. The number of aromatic nitrogens is 1. The zero-order chi connectivity index (χ0) is 16.3. The highest BCUT2D eigenvalue weighted by Crippen LogP contribution is 2.17. The fraction of sp³-hybridized carbons (Fsp3) is 0.143. The summed E-state index contributed by atoms with van der Waals surface area (Å²) in [6, 6.07) is 7.07. The third kappa shape index (κ3) is 3.82. The van der Waals surface area contributed by atoms with Gasteiger partial charge in [0.05, 0.1) is 22.7 Å². The zero-order valence-electron chi connectivity index (χ0n) is 11.6. The number of pyridine rings is 1. The van der Waals surface area contributed by atoms with Crippen molar-refractivity contribution < 1.29 is 18.3 Å². The fourth-order valence-corrected chi connectivity index (χ4v) is 3.26. The maximum absolute atomic E-state index is 12.3. The molecule has 0 bridgehead atoms. The summed E-state index contributed by atoms with van der Waals surface area (Å²) in [4.78, 5) is 14.9. The molecule has 22 heavy (non-hydrogen) atoms. The van der Waals surface area contributed by atoms with Gasteiger partial charge in [-0.1, -0.05) is 17.7 Å². The van der Waals surface area contributed by atoms with Crippen molar-refractivity contribution in [3.8, 4) is 0 Å². The molecule has 0 unspecified atom stereocenters. The van der Waals surface area contributed by atoms with Crippen LogP contribution < -0.4 is 4.72 Å². The summed E-state index contributed by atoms with van der Waals surface area (Å²) in [5.41, 5.74) is 0.825. The van der Waals surface area contributed by atoms with E-state index in [2.05, 4.69) is 9.71 Å². The van der Waals surface area contributed by atoms with E-state index in [1.54, 1.807) is 19.1 Å². The number of carboxylic acid groups (broad SMARTS) is 1. The van der Waals surface area contributed by atoms with Crippen LogP contribution >= 0.6 is 11.6 Å². The van der Waals surface area contributed by atoms with Crippen LogP contribution in [-0.4, -0.2) is 24.5 Å². The number of carboxylic acids is 1. The van der Waals surface area contributed by atoms with Gasteiger partial charge in [-0.15, -0.1) is 0 Å². The Labute approximate surface area is 132 Å². The minimum atomic E-state index is -3.85. The maximum atomic E-state index is 12.3. The summed E-state index contributed by atoms with van der Waals surface area (Å²) in [5, 5.41) is 9.42. The third-order valence-electron chi connectivity index (χ3n) is 2.95. The second kappa shape index (κ2) is 6.43. The number of aryl methyl sites for hydroxylation is 1. The first-order valence-corrected chi connectivity index (χ1v) is 8.10.